The number of rotatable bonds is 9. The third-order valence-corrected chi connectivity index (χ3v) is 4.23. The standard InChI is InChI=1S/C16H26F2N2S/c1-5-7-19-11-13-9-14(17)16(15(18)10-13)20(3)12(2)6-8-21-4/h9-10,12,19H,5-8,11H2,1-4H3. The molecule has 0 spiro atoms. The summed E-state index contributed by atoms with van der Waals surface area (Å²) < 4.78 is 28.5. The molecule has 0 aliphatic rings. The fourth-order valence-electron chi connectivity index (χ4n) is 2.17. The zero-order valence-corrected chi connectivity index (χ0v) is 14.2. The number of hydrogen-bond donors (Lipinski definition) is 1. The first-order valence-corrected chi connectivity index (χ1v) is 8.81. The van der Waals surface area contributed by atoms with Crippen molar-refractivity contribution in [3.05, 3.63) is 29.3 Å². The Balaban J connectivity index is 2.83. The third kappa shape index (κ3) is 5.47. The Morgan fingerprint density at radius 3 is 2.43 bits per heavy atom. The molecule has 120 valence electrons. The van der Waals surface area contributed by atoms with Gasteiger partial charge in [-0.25, -0.2) is 8.78 Å². The smallest absolute Gasteiger partial charge is 0.149 e. The summed E-state index contributed by atoms with van der Waals surface area (Å²) in [6, 6.07) is 2.96. The van der Waals surface area contributed by atoms with Gasteiger partial charge in [0.2, 0.25) is 0 Å². The van der Waals surface area contributed by atoms with Crippen LogP contribution in [0.25, 0.3) is 0 Å². The molecule has 1 rings (SSSR count). The second-order valence-corrected chi connectivity index (χ2v) is 6.31. The number of nitrogens with one attached hydrogen (secondary N) is 1. The zero-order valence-electron chi connectivity index (χ0n) is 13.4. The van der Waals surface area contributed by atoms with Crippen LogP contribution in [0.15, 0.2) is 12.1 Å². The van der Waals surface area contributed by atoms with Crippen LogP contribution in [0.5, 0.6) is 0 Å². The van der Waals surface area contributed by atoms with Crippen LogP contribution in [0.3, 0.4) is 0 Å². The van der Waals surface area contributed by atoms with Crippen molar-refractivity contribution in [3.8, 4) is 0 Å². The molecule has 1 unspecified atom stereocenters. The number of hydrogen-bond acceptors (Lipinski definition) is 3. The summed E-state index contributed by atoms with van der Waals surface area (Å²) in [5.74, 6) is 0.0110. The van der Waals surface area contributed by atoms with Gasteiger partial charge in [0.25, 0.3) is 0 Å². The fourth-order valence-corrected chi connectivity index (χ4v) is 2.75. The lowest BCUT2D eigenvalue weighted by Gasteiger charge is -2.28. The maximum absolute atomic E-state index is 14.2. The molecule has 0 aliphatic carbocycles. The van der Waals surface area contributed by atoms with Gasteiger partial charge in [-0.15, -0.1) is 0 Å². The molecule has 0 heterocycles. The van der Waals surface area contributed by atoms with Crippen molar-refractivity contribution in [2.24, 2.45) is 0 Å². The van der Waals surface area contributed by atoms with Crippen molar-refractivity contribution in [1.82, 2.24) is 5.32 Å². The van der Waals surface area contributed by atoms with E-state index in [-0.39, 0.29) is 11.7 Å². The molecule has 1 aromatic carbocycles. The minimum atomic E-state index is -0.484. The number of nitrogens with zero attached hydrogens (tertiary/aromatic N) is 1. The highest BCUT2D eigenvalue weighted by Crippen LogP contribution is 2.26. The summed E-state index contributed by atoms with van der Waals surface area (Å²) in [6.45, 7) is 5.39. The molecule has 0 fully saturated rings. The molecule has 0 bridgehead atoms. The molecule has 2 nitrogen and oxygen atoms in total. The Morgan fingerprint density at radius 1 is 1.29 bits per heavy atom. The SMILES string of the molecule is CCCNCc1cc(F)c(N(C)C(C)CCSC)c(F)c1. The lowest BCUT2D eigenvalue weighted by atomic mass is 10.1. The van der Waals surface area contributed by atoms with Gasteiger partial charge in [-0.1, -0.05) is 6.92 Å². The average molecular weight is 316 g/mol. The van der Waals surface area contributed by atoms with Gasteiger partial charge in [-0.3, -0.25) is 0 Å². The number of anilines is 1. The lowest BCUT2D eigenvalue weighted by Crippen LogP contribution is -2.31. The Labute approximate surface area is 131 Å². The Kier molecular flexibility index (Phi) is 8.04. The third-order valence-electron chi connectivity index (χ3n) is 3.59. The van der Waals surface area contributed by atoms with E-state index >= 15 is 0 Å². The summed E-state index contributed by atoms with van der Waals surface area (Å²) >= 11 is 1.74. The average Bonchev–Trinajstić information content (AvgIpc) is 2.44. The highest BCUT2D eigenvalue weighted by Gasteiger charge is 2.19. The highest BCUT2D eigenvalue weighted by atomic mass is 32.2. The first-order chi connectivity index (χ1) is 10.0. The van der Waals surface area contributed by atoms with Gasteiger partial charge in [0.1, 0.15) is 17.3 Å². The quantitative estimate of drug-likeness (QED) is 0.692. The molecule has 0 saturated carbocycles. The summed E-state index contributed by atoms with van der Waals surface area (Å²) in [5, 5.41) is 3.16. The molecule has 0 aromatic heterocycles. The number of thioether (sulfide) groups is 1. The van der Waals surface area contributed by atoms with Crippen LogP contribution in [0.4, 0.5) is 14.5 Å². The van der Waals surface area contributed by atoms with E-state index in [1.165, 1.54) is 12.1 Å². The minimum absolute atomic E-state index is 0.0721. The van der Waals surface area contributed by atoms with Gasteiger partial charge in [-0.05, 0) is 56.0 Å². The van der Waals surface area contributed by atoms with E-state index in [4.69, 9.17) is 0 Å². The van der Waals surface area contributed by atoms with Gasteiger partial charge >= 0.3 is 0 Å². The van der Waals surface area contributed by atoms with Gasteiger partial charge in [0.05, 0.1) is 0 Å². The molecular weight excluding hydrogens is 290 g/mol. The highest BCUT2D eigenvalue weighted by molar-refractivity contribution is 7.98. The van der Waals surface area contributed by atoms with Gasteiger partial charge in [0, 0.05) is 19.6 Å². The maximum Gasteiger partial charge on any atom is 0.149 e. The van der Waals surface area contributed by atoms with Crippen LogP contribution in [-0.2, 0) is 6.54 Å². The Hall–Kier alpha value is -0.810. The molecule has 0 saturated heterocycles. The fraction of sp³-hybridized carbons (Fsp3) is 0.625. The van der Waals surface area contributed by atoms with E-state index in [0.717, 1.165) is 25.1 Å². The molecule has 0 aliphatic heterocycles. The lowest BCUT2D eigenvalue weighted by molar-refractivity contribution is 0.552. The van der Waals surface area contributed by atoms with E-state index in [1.54, 1.807) is 23.7 Å². The van der Waals surface area contributed by atoms with Crippen LogP contribution in [0, 0.1) is 11.6 Å². The molecule has 5 heteroatoms. The number of benzene rings is 1. The van der Waals surface area contributed by atoms with E-state index in [2.05, 4.69) is 12.2 Å². The molecule has 21 heavy (non-hydrogen) atoms. The first kappa shape index (κ1) is 18.2. The topological polar surface area (TPSA) is 15.3 Å². The predicted octanol–water partition coefficient (Wildman–Crippen LogP) is 4.04. The van der Waals surface area contributed by atoms with Crippen LogP contribution < -0.4 is 10.2 Å². The Bertz CT molecular complexity index is 417. The maximum atomic E-state index is 14.2. The minimum Gasteiger partial charge on any atom is -0.367 e. The van der Waals surface area contributed by atoms with E-state index in [1.807, 2.05) is 13.2 Å². The first-order valence-electron chi connectivity index (χ1n) is 7.41. The monoisotopic (exact) mass is 316 g/mol. The molecule has 0 amide bonds. The van der Waals surface area contributed by atoms with Gasteiger partial charge in [0.15, 0.2) is 0 Å². The van der Waals surface area contributed by atoms with Gasteiger partial charge < -0.3 is 10.2 Å². The van der Waals surface area contributed by atoms with E-state index in [9.17, 15) is 8.78 Å². The number of halogens is 2. The molecule has 1 aromatic rings. The Morgan fingerprint density at radius 2 is 1.90 bits per heavy atom. The summed E-state index contributed by atoms with van der Waals surface area (Å²) in [5.41, 5.74) is 0.718. The van der Waals surface area contributed by atoms with Crippen molar-refractivity contribution >= 4 is 17.4 Å². The van der Waals surface area contributed by atoms with Gasteiger partial charge in [-0.2, -0.15) is 11.8 Å². The van der Waals surface area contributed by atoms with Crippen molar-refractivity contribution in [1.29, 1.82) is 0 Å². The molecule has 0 radical (unpaired) electrons. The van der Waals surface area contributed by atoms with Crippen molar-refractivity contribution in [2.45, 2.75) is 39.3 Å². The largest absolute Gasteiger partial charge is 0.367 e. The van der Waals surface area contributed by atoms with Crippen molar-refractivity contribution < 1.29 is 8.78 Å². The molecular formula is C16H26F2N2S. The summed E-state index contributed by atoms with van der Waals surface area (Å²) in [4.78, 5) is 1.70. The van der Waals surface area contributed by atoms with Crippen LogP contribution in [-0.4, -0.2) is 31.6 Å². The molecule has 1 atom stereocenters. The summed E-state index contributed by atoms with van der Waals surface area (Å²) in [7, 11) is 1.75. The van der Waals surface area contributed by atoms with Crippen LogP contribution in [0.2, 0.25) is 0 Å². The van der Waals surface area contributed by atoms with E-state index < -0.39 is 11.6 Å². The van der Waals surface area contributed by atoms with Crippen LogP contribution in [0.1, 0.15) is 32.3 Å². The normalized spacial score (nSPS) is 12.5. The zero-order chi connectivity index (χ0) is 15.8. The van der Waals surface area contributed by atoms with Crippen LogP contribution >= 0.6 is 11.8 Å². The second kappa shape index (κ2) is 9.26. The second-order valence-electron chi connectivity index (χ2n) is 5.33. The van der Waals surface area contributed by atoms with E-state index in [0.29, 0.717) is 12.1 Å². The van der Waals surface area contributed by atoms with Crippen molar-refractivity contribution in [3.63, 3.8) is 0 Å². The molecule has 1 N–H and O–H groups in total. The summed E-state index contributed by atoms with van der Waals surface area (Å²) in [6.07, 6.45) is 3.93. The predicted molar refractivity (Wildman–Crippen MR) is 89.2 cm³/mol. The van der Waals surface area contributed by atoms with Crippen molar-refractivity contribution in [2.75, 3.05) is 30.5 Å².